The Hall–Kier alpha value is -2.35. The zero-order chi connectivity index (χ0) is 19.1. The molecule has 1 fully saturated rings. The van der Waals surface area contributed by atoms with Gasteiger partial charge in [-0.3, -0.25) is 4.79 Å². The first-order valence-electron chi connectivity index (χ1n) is 9.03. The highest BCUT2D eigenvalue weighted by Crippen LogP contribution is 2.23. The number of carbonyl (C=O) groups is 1. The number of anilines is 3. The fourth-order valence-electron chi connectivity index (χ4n) is 3.06. The standard InChI is InChI=1S/C19H24FN5OS/c1-27-12-10-21-18(26)14-5-4-11-25(13-14)19-22-9-8-17(24-19)23-16-7-3-2-6-15(16)20/h2-3,6-9,14H,4-5,10-13H2,1H3,(H,21,26)(H,22,23,24). The van der Waals surface area contributed by atoms with E-state index in [9.17, 15) is 9.18 Å². The Kier molecular flexibility index (Phi) is 6.86. The molecular formula is C19H24FN5OS. The minimum absolute atomic E-state index is 0.0626. The van der Waals surface area contributed by atoms with Crippen LogP contribution in [0.2, 0.25) is 0 Å². The zero-order valence-corrected chi connectivity index (χ0v) is 16.1. The molecule has 1 aliphatic heterocycles. The lowest BCUT2D eigenvalue weighted by molar-refractivity contribution is -0.125. The van der Waals surface area contributed by atoms with Crippen LogP contribution in [0.5, 0.6) is 0 Å². The van der Waals surface area contributed by atoms with Gasteiger partial charge in [0.25, 0.3) is 0 Å². The molecule has 1 atom stereocenters. The lowest BCUT2D eigenvalue weighted by Crippen LogP contribution is -2.44. The van der Waals surface area contributed by atoms with Gasteiger partial charge in [0.1, 0.15) is 11.6 Å². The second-order valence-electron chi connectivity index (χ2n) is 6.42. The molecule has 1 aromatic carbocycles. The van der Waals surface area contributed by atoms with E-state index in [0.29, 0.717) is 30.5 Å². The van der Waals surface area contributed by atoms with Crippen LogP contribution in [0, 0.1) is 11.7 Å². The molecule has 0 bridgehead atoms. The van der Waals surface area contributed by atoms with Crippen LogP contribution in [0.3, 0.4) is 0 Å². The van der Waals surface area contributed by atoms with Crippen LogP contribution in [0.1, 0.15) is 12.8 Å². The van der Waals surface area contributed by atoms with E-state index in [1.165, 1.54) is 6.07 Å². The summed E-state index contributed by atoms with van der Waals surface area (Å²) in [6.07, 6.45) is 5.45. The Balaban J connectivity index is 1.65. The topological polar surface area (TPSA) is 70.2 Å². The highest BCUT2D eigenvalue weighted by atomic mass is 32.2. The molecule has 1 unspecified atom stereocenters. The number of nitrogens with zero attached hydrogens (tertiary/aromatic N) is 3. The fraction of sp³-hybridized carbons (Fsp3) is 0.421. The largest absolute Gasteiger partial charge is 0.355 e. The normalized spacial score (nSPS) is 16.8. The monoisotopic (exact) mass is 389 g/mol. The Morgan fingerprint density at radius 1 is 1.37 bits per heavy atom. The summed E-state index contributed by atoms with van der Waals surface area (Å²) in [6, 6.07) is 8.16. The molecule has 2 heterocycles. The summed E-state index contributed by atoms with van der Waals surface area (Å²) in [7, 11) is 0. The third-order valence-electron chi connectivity index (χ3n) is 4.46. The Bertz CT molecular complexity index is 775. The summed E-state index contributed by atoms with van der Waals surface area (Å²) in [4.78, 5) is 23.2. The van der Waals surface area contributed by atoms with Gasteiger partial charge in [0.2, 0.25) is 11.9 Å². The van der Waals surface area contributed by atoms with E-state index in [2.05, 4.69) is 20.6 Å². The van der Waals surface area contributed by atoms with Crippen molar-refractivity contribution in [3.63, 3.8) is 0 Å². The van der Waals surface area contributed by atoms with Gasteiger partial charge < -0.3 is 15.5 Å². The number of amides is 1. The van der Waals surface area contributed by atoms with Crippen LogP contribution in [0.15, 0.2) is 36.5 Å². The molecule has 144 valence electrons. The van der Waals surface area contributed by atoms with Gasteiger partial charge in [0.05, 0.1) is 11.6 Å². The van der Waals surface area contributed by atoms with E-state index in [1.54, 1.807) is 42.2 Å². The molecule has 0 saturated carbocycles. The van der Waals surface area contributed by atoms with Crippen molar-refractivity contribution in [3.8, 4) is 0 Å². The van der Waals surface area contributed by atoms with Crippen molar-refractivity contribution in [2.75, 3.05) is 41.9 Å². The van der Waals surface area contributed by atoms with Gasteiger partial charge in [-0.1, -0.05) is 12.1 Å². The molecule has 1 saturated heterocycles. The molecule has 0 spiro atoms. The number of para-hydroxylation sites is 1. The van der Waals surface area contributed by atoms with Crippen molar-refractivity contribution >= 4 is 35.1 Å². The third-order valence-corrected chi connectivity index (χ3v) is 5.07. The van der Waals surface area contributed by atoms with E-state index in [0.717, 1.165) is 25.1 Å². The molecule has 27 heavy (non-hydrogen) atoms. The first kappa shape index (κ1) is 19.4. The highest BCUT2D eigenvalue weighted by Gasteiger charge is 2.27. The van der Waals surface area contributed by atoms with Gasteiger partial charge >= 0.3 is 0 Å². The molecule has 2 aromatic rings. The van der Waals surface area contributed by atoms with Crippen molar-refractivity contribution in [1.82, 2.24) is 15.3 Å². The quantitative estimate of drug-likeness (QED) is 0.710. The second-order valence-corrected chi connectivity index (χ2v) is 7.40. The number of aromatic nitrogens is 2. The SMILES string of the molecule is CSCCNC(=O)C1CCCN(c2nccc(Nc3ccccc3F)n2)C1. The maximum Gasteiger partial charge on any atom is 0.227 e. The predicted octanol–water partition coefficient (Wildman–Crippen LogP) is 3.05. The van der Waals surface area contributed by atoms with Crippen molar-refractivity contribution < 1.29 is 9.18 Å². The summed E-state index contributed by atoms with van der Waals surface area (Å²) >= 11 is 1.71. The van der Waals surface area contributed by atoms with E-state index < -0.39 is 0 Å². The molecule has 6 nitrogen and oxygen atoms in total. The van der Waals surface area contributed by atoms with Crippen LogP contribution in [-0.2, 0) is 4.79 Å². The molecule has 1 aromatic heterocycles. The summed E-state index contributed by atoms with van der Waals surface area (Å²) in [5.41, 5.74) is 0.367. The number of benzene rings is 1. The number of halogens is 1. The number of hydrogen-bond donors (Lipinski definition) is 2. The van der Waals surface area contributed by atoms with Crippen LogP contribution in [0.4, 0.5) is 21.8 Å². The Labute approximate surface area is 163 Å². The number of hydrogen-bond acceptors (Lipinski definition) is 6. The van der Waals surface area contributed by atoms with Crippen LogP contribution < -0.4 is 15.5 Å². The van der Waals surface area contributed by atoms with Crippen molar-refractivity contribution in [2.24, 2.45) is 5.92 Å². The van der Waals surface area contributed by atoms with Crippen molar-refractivity contribution in [2.45, 2.75) is 12.8 Å². The first-order chi connectivity index (χ1) is 13.2. The van der Waals surface area contributed by atoms with Crippen molar-refractivity contribution in [1.29, 1.82) is 0 Å². The number of piperidine rings is 1. The molecule has 8 heteroatoms. The maximum absolute atomic E-state index is 13.8. The second kappa shape index (κ2) is 9.55. The van der Waals surface area contributed by atoms with Gasteiger partial charge in [-0.2, -0.15) is 16.7 Å². The Morgan fingerprint density at radius 2 is 2.22 bits per heavy atom. The summed E-state index contributed by atoms with van der Waals surface area (Å²) in [5, 5.41) is 5.98. The van der Waals surface area contributed by atoms with E-state index in [1.807, 2.05) is 11.2 Å². The van der Waals surface area contributed by atoms with E-state index in [-0.39, 0.29) is 17.6 Å². The molecule has 2 N–H and O–H groups in total. The predicted molar refractivity (Wildman–Crippen MR) is 108 cm³/mol. The van der Waals surface area contributed by atoms with Gasteiger partial charge in [-0.05, 0) is 37.3 Å². The summed E-state index contributed by atoms with van der Waals surface area (Å²) in [5.74, 6) is 1.68. The van der Waals surface area contributed by atoms with Gasteiger partial charge in [0.15, 0.2) is 0 Å². The molecular weight excluding hydrogens is 365 g/mol. The first-order valence-corrected chi connectivity index (χ1v) is 10.4. The summed E-state index contributed by atoms with van der Waals surface area (Å²) in [6.45, 7) is 2.08. The number of nitrogens with one attached hydrogen (secondary N) is 2. The average Bonchev–Trinajstić information content (AvgIpc) is 2.70. The lowest BCUT2D eigenvalue weighted by Gasteiger charge is -2.32. The molecule has 0 radical (unpaired) electrons. The summed E-state index contributed by atoms with van der Waals surface area (Å²) < 4.78 is 13.8. The van der Waals surface area contributed by atoms with Gasteiger partial charge in [0, 0.05) is 31.6 Å². The number of carbonyl (C=O) groups excluding carboxylic acids is 1. The van der Waals surface area contributed by atoms with E-state index in [4.69, 9.17) is 0 Å². The fourth-order valence-corrected chi connectivity index (χ4v) is 3.37. The van der Waals surface area contributed by atoms with Crippen LogP contribution >= 0.6 is 11.8 Å². The minimum atomic E-state index is -0.336. The molecule has 0 aliphatic carbocycles. The van der Waals surface area contributed by atoms with Crippen LogP contribution in [0.25, 0.3) is 0 Å². The number of thioether (sulfide) groups is 1. The number of rotatable bonds is 7. The Morgan fingerprint density at radius 3 is 3.04 bits per heavy atom. The third kappa shape index (κ3) is 5.32. The van der Waals surface area contributed by atoms with Crippen LogP contribution in [-0.4, -0.2) is 47.5 Å². The van der Waals surface area contributed by atoms with E-state index >= 15 is 0 Å². The maximum atomic E-state index is 13.8. The molecule has 1 amide bonds. The minimum Gasteiger partial charge on any atom is -0.355 e. The zero-order valence-electron chi connectivity index (χ0n) is 15.3. The van der Waals surface area contributed by atoms with Crippen molar-refractivity contribution in [3.05, 3.63) is 42.3 Å². The average molecular weight is 390 g/mol. The molecule has 1 aliphatic rings. The highest BCUT2D eigenvalue weighted by molar-refractivity contribution is 7.98. The smallest absolute Gasteiger partial charge is 0.227 e. The molecule has 3 rings (SSSR count). The van der Waals surface area contributed by atoms with Gasteiger partial charge in [-0.15, -0.1) is 0 Å². The van der Waals surface area contributed by atoms with Gasteiger partial charge in [-0.25, -0.2) is 9.37 Å². The lowest BCUT2D eigenvalue weighted by atomic mass is 9.97.